The fraction of sp³-hybridized carbons (Fsp3) is 0.333. The molecule has 3 nitrogen and oxygen atoms in total. The summed E-state index contributed by atoms with van der Waals surface area (Å²) in [4.78, 5) is 22.9. The van der Waals surface area contributed by atoms with Crippen LogP contribution < -0.4 is 0 Å². The predicted molar refractivity (Wildman–Crippen MR) is 56.5 cm³/mol. The van der Waals surface area contributed by atoms with Crippen molar-refractivity contribution in [2.24, 2.45) is 0 Å². The van der Waals surface area contributed by atoms with Crippen LogP contribution in [0.1, 0.15) is 19.4 Å². The molecule has 0 spiro atoms. The van der Waals surface area contributed by atoms with Gasteiger partial charge in [-0.3, -0.25) is 4.79 Å². The molecule has 0 fully saturated rings. The van der Waals surface area contributed by atoms with Crippen molar-refractivity contribution in [1.82, 2.24) is 0 Å². The zero-order valence-corrected chi connectivity index (χ0v) is 9.11. The predicted octanol–water partition coefficient (Wildman–Crippen LogP) is 1.71. The smallest absolute Gasteiger partial charge is 0.375 e. The Hall–Kier alpha value is -1.64. The molecule has 0 saturated carbocycles. The first-order valence-electron chi connectivity index (χ1n) is 4.68. The molecule has 0 saturated heterocycles. The van der Waals surface area contributed by atoms with E-state index in [-0.39, 0.29) is 0 Å². The van der Waals surface area contributed by atoms with Gasteiger partial charge in [-0.15, -0.1) is 0 Å². The molecular weight excluding hydrogens is 192 g/mol. The van der Waals surface area contributed by atoms with Gasteiger partial charge in [-0.1, -0.05) is 30.3 Å². The fourth-order valence-electron chi connectivity index (χ4n) is 1.33. The number of hydrogen-bond donors (Lipinski definition) is 0. The number of carbonyl (C=O) groups excluding carboxylic acids is 2. The first kappa shape index (κ1) is 11.4. The summed E-state index contributed by atoms with van der Waals surface area (Å²) in [6, 6.07) is 9.17. The van der Waals surface area contributed by atoms with Crippen LogP contribution >= 0.6 is 0 Å². The van der Waals surface area contributed by atoms with Crippen LogP contribution in [0.25, 0.3) is 0 Å². The van der Waals surface area contributed by atoms with Crippen LogP contribution in [-0.2, 0) is 19.7 Å². The molecule has 0 heterocycles. The number of rotatable bonds is 3. The van der Waals surface area contributed by atoms with Crippen molar-refractivity contribution in [3.8, 4) is 0 Å². The Kier molecular flexibility index (Phi) is 3.24. The monoisotopic (exact) mass is 206 g/mol. The molecule has 1 rings (SSSR count). The van der Waals surface area contributed by atoms with Crippen LogP contribution in [0.5, 0.6) is 0 Å². The summed E-state index contributed by atoms with van der Waals surface area (Å²) in [5.41, 5.74) is -0.0330. The van der Waals surface area contributed by atoms with Crippen molar-refractivity contribution in [3.63, 3.8) is 0 Å². The lowest BCUT2D eigenvalue weighted by molar-refractivity contribution is -0.153. The van der Waals surface area contributed by atoms with Gasteiger partial charge < -0.3 is 4.74 Å². The Labute approximate surface area is 89.1 Å². The van der Waals surface area contributed by atoms with E-state index in [0.29, 0.717) is 0 Å². The summed E-state index contributed by atoms with van der Waals surface area (Å²) in [5, 5.41) is 0. The molecule has 1 aromatic carbocycles. The van der Waals surface area contributed by atoms with Crippen LogP contribution in [0.4, 0.5) is 0 Å². The Morgan fingerprint density at radius 1 is 1.13 bits per heavy atom. The maximum atomic E-state index is 11.7. The molecule has 0 radical (unpaired) electrons. The third-order valence-electron chi connectivity index (χ3n) is 2.43. The number of esters is 1. The van der Waals surface area contributed by atoms with E-state index < -0.39 is 17.2 Å². The molecule has 0 amide bonds. The lowest BCUT2D eigenvalue weighted by atomic mass is 9.80. The highest BCUT2D eigenvalue weighted by Gasteiger charge is 2.35. The second-order valence-corrected chi connectivity index (χ2v) is 3.81. The van der Waals surface area contributed by atoms with Gasteiger partial charge in [-0.05, 0) is 19.4 Å². The zero-order valence-electron chi connectivity index (χ0n) is 9.11. The summed E-state index contributed by atoms with van der Waals surface area (Å²) >= 11 is 0. The summed E-state index contributed by atoms with van der Waals surface area (Å²) in [6.45, 7) is 3.42. The maximum Gasteiger partial charge on any atom is 0.375 e. The Bertz CT molecular complexity index is 366. The van der Waals surface area contributed by atoms with Crippen molar-refractivity contribution in [2.75, 3.05) is 7.11 Å². The van der Waals surface area contributed by atoms with Crippen LogP contribution in [0.3, 0.4) is 0 Å². The van der Waals surface area contributed by atoms with Gasteiger partial charge in [0.1, 0.15) is 0 Å². The van der Waals surface area contributed by atoms with Crippen LogP contribution in [0, 0.1) is 0 Å². The highest BCUT2D eigenvalue weighted by molar-refractivity contribution is 6.37. The van der Waals surface area contributed by atoms with E-state index in [1.54, 1.807) is 13.8 Å². The minimum absolute atomic E-state index is 0.531. The summed E-state index contributed by atoms with van der Waals surface area (Å²) in [5.74, 6) is -1.33. The van der Waals surface area contributed by atoms with E-state index in [0.717, 1.165) is 5.56 Å². The van der Waals surface area contributed by atoms with Gasteiger partial charge in [0.25, 0.3) is 0 Å². The largest absolute Gasteiger partial charge is 0.463 e. The van der Waals surface area contributed by atoms with Crippen LogP contribution in [0.2, 0.25) is 0 Å². The van der Waals surface area contributed by atoms with Crippen molar-refractivity contribution in [2.45, 2.75) is 19.3 Å². The first-order valence-corrected chi connectivity index (χ1v) is 4.68. The van der Waals surface area contributed by atoms with E-state index in [4.69, 9.17) is 0 Å². The van der Waals surface area contributed by atoms with Gasteiger partial charge >= 0.3 is 5.97 Å². The molecule has 80 valence electrons. The van der Waals surface area contributed by atoms with Gasteiger partial charge in [0.2, 0.25) is 5.78 Å². The topological polar surface area (TPSA) is 43.4 Å². The van der Waals surface area contributed by atoms with Gasteiger partial charge in [-0.25, -0.2) is 4.79 Å². The Morgan fingerprint density at radius 2 is 1.67 bits per heavy atom. The summed E-state index contributed by atoms with van der Waals surface area (Å²) < 4.78 is 4.43. The first-order chi connectivity index (χ1) is 7.00. The molecule has 0 aliphatic rings. The minimum Gasteiger partial charge on any atom is -0.463 e. The van der Waals surface area contributed by atoms with Gasteiger partial charge in [0, 0.05) is 0 Å². The lowest BCUT2D eigenvalue weighted by Crippen LogP contribution is -2.35. The molecule has 0 bridgehead atoms. The molecule has 0 aromatic heterocycles. The number of carbonyl (C=O) groups is 2. The van der Waals surface area contributed by atoms with Gasteiger partial charge in [0.05, 0.1) is 12.5 Å². The third kappa shape index (κ3) is 2.24. The molecule has 0 N–H and O–H groups in total. The standard InChI is InChI=1S/C12H14O3/c1-12(2,10(13)11(14)15-3)9-7-5-4-6-8-9/h4-8H,1-3H3. The van der Waals surface area contributed by atoms with Gasteiger partial charge in [-0.2, -0.15) is 0 Å². The average Bonchev–Trinajstić information content (AvgIpc) is 2.28. The minimum atomic E-state index is -0.839. The molecule has 15 heavy (non-hydrogen) atoms. The van der Waals surface area contributed by atoms with Crippen LogP contribution in [-0.4, -0.2) is 18.9 Å². The SMILES string of the molecule is COC(=O)C(=O)C(C)(C)c1ccccc1. The highest BCUT2D eigenvalue weighted by atomic mass is 16.5. The molecule has 1 aromatic rings. The second-order valence-electron chi connectivity index (χ2n) is 3.81. The molecule has 0 atom stereocenters. The van der Waals surface area contributed by atoms with Crippen molar-refractivity contribution >= 4 is 11.8 Å². The van der Waals surface area contributed by atoms with Crippen molar-refractivity contribution < 1.29 is 14.3 Å². The normalized spacial score (nSPS) is 10.9. The van der Waals surface area contributed by atoms with E-state index >= 15 is 0 Å². The number of hydrogen-bond acceptors (Lipinski definition) is 3. The van der Waals surface area contributed by atoms with Gasteiger partial charge in [0.15, 0.2) is 0 Å². The second kappa shape index (κ2) is 4.26. The van der Waals surface area contributed by atoms with E-state index in [1.165, 1.54) is 7.11 Å². The van der Waals surface area contributed by atoms with E-state index in [2.05, 4.69) is 4.74 Å². The number of Topliss-reactive ketones (excluding diaryl/α,β-unsaturated/α-hetero) is 1. The maximum absolute atomic E-state index is 11.7. The molecule has 0 unspecified atom stereocenters. The Morgan fingerprint density at radius 3 is 2.13 bits per heavy atom. The molecule has 0 aliphatic carbocycles. The summed E-state index contributed by atoms with van der Waals surface area (Å²) in [7, 11) is 1.21. The molecular formula is C12H14O3. The highest BCUT2D eigenvalue weighted by Crippen LogP contribution is 2.24. The lowest BCUT2D eigenvalue weighted by Gasteiger charge is -2.21. The zero-order chi connectivity index (χ0) is 11.5. The average molecular weight is 206 g/mol. The quantitative estimate of drug-likeness (QED) is 0.558. The third-order valence-corrected chi connectivity index (χ3v) is 2.43. The number of ether oxygens (including phenoxy) is 1. The molecule has 3 heteroatoms. The fourth-order valence-corrected chi connectivity index (χ4v) is 1.33. The number of benzene rings is 1. The van der Waals surface area contributed by atoms with Crippen LogP contribution in [0.15, 0.2) is 30.3 Å². The van der Waals surface area contributed by atoms with E-state index in [9.17, 15) is 9.59 Å². The number of methoxy groups -OCH3 is 1. The van der Waals surface area contributed by atoms with Crippen molar-refractivity contribution in [1.29, 1.82) is 0 Å². The van der Waals surface area contributed by atoms with E-state index in [1.807, 2.05) is 30.3 Å². The van der Waals surface area contributed by atoms with Crippen molar-refractivity contribution in [3.05, 3.63) is 35.9 Å². The number of ketones is 1. The molecule has 0 aliphatic heterocycles. The summed E-state index contributed by atoms with van der Waals surface area (Å²) in [6.07, 6.45) is 0. The Balaban J connectivity index is 3.03.